The fourth-order valence-corrected chi connectivity index (χ4v) is 2.96. The van der Waals surface area contributed by atoms with E-state index in [2.05, 4.69) is 24.5 Å². The quantitative estimate of drug-likeness (QED) is 0.668. The third-order valence-electron chi connectivity index (χ3n) is 5.15. The molecule has 0 aliphatic rings. The van der Waals surface area contributed by atoms with Gasteiger partial charge in [0.2, 0.25) is 11.8 Å². The summed E-state index contributed by atoms with van der Waals surface area (Å²) in [7, 11) is 3.34. The molecule has 2 atom stereocenters. The average molecular weight is 398 g/mol. The van der Waals surface area contributed by atoms with E-state index in [1.54, 1.807) is 38.1 Å². The lowest BCUT2D eigenvalue weighted by Gasteiger charge is -2.24. The number of para-hydroxylation sites is 1. The van der Waals surface area contributed by atoms with Gasteiger partial charge in [0.15, 0.2) is 0 Å². The summed E-state index contributed by atoms with van der Waals surface area (Å²) in [5.41, 5.74) is 2.60. The van der Waals surface area contributed by atoms with Crippen molar-refractivity contribution in [3.05, 3.63) is 54.1 Å². The van der Waals surface area contributed by atoms with Crippen LogP contribution in [0.5, 0.6) is 5.75 Å². The number of hydrogen-bond acceptors (Lipinski definition) is 4. The van der Waals surface area contributed by atoms with Gasteiger partial charge in [0.25, 0.3) is 0 Å². The number of amides is 2. The molecule has 0 aliphatic carbocycles. The molecule has 0 saturated heterocycles. The van der Waals surface area contributed by atoms with Gasteiger partial charge >= 0.3 is 0 Å². The number of ether oxygens (including phenoxy) is 1. The minimum Gasteiger partial charge on any atom is -0.497 e. The van der Waals surface area contributed by atoms with E-state index >= 15 is 0 Å². The predicted octanol–water partition coefficient (Wildman–Crippen LogP) is 4.11. The van der Waals surface area contributed by atoms with Crippen LogP contribution >= 0.6 is 0 Å². The number of hydrogen-bond donors (Lipinski definition) is 2. The van der Waals surface area contributed by atoms with E-state index < -0.39 is 6.04 Å². The fraction of sp³-hybridized carbons (Fsp3) is 0.391. The molecule has 2 aromatic carbocycles. The van der Waals surface area contributed by atoms with Gasteiger partial charge in [-0.05, 0) is 50.1 Å². The van der Waals surface area contributed by atoms with Crippen LogP contribution in [0.15, 0.2) is 48.5 Å². The van der Waals surface area contributed by atoms with Crippen molar-refractivity contribution in [2.75, 3.05) is 31.3 Å². The van der Waals surface area contributed by atoms with Crippen LogP contribution in [0.2, 0.25) is 0 Å². The number of rotatable bonds is 9. The van der Waals surface area contributed by atoms with Crippen molar-refractivity contribution in [3.8, 4) is 5.75 Å². The zero-order chi connectivity index (χ0) is 21.4. The minimum atomic E-state index is -0.462. The summed E-state index contributed by atoms with van der Waals surface area (Å²) in [4.78, 5) is 26.8. The summed E-state index contributed by atoms with van der Waals surface area (Å²) in [6.07, 6.45) is 0.993. The Morgan fingerprint density at radius 1 is 1.07 bits per heavy atom. The lowest BCUT2D eigenvalue weighted by molar-refractivity contribution is -0.122. The summed E-state index contributed by atoms with van der Waals surface area (Å²) in [5, 5.41) is 5.85. The third-order valence-corrected chi connectivity index (χ3v) is 5.15. The summed E-state index contributed by atoms with van der Waals surface area (Å²) in [6.45, 7) is 6.16. The van der Waals surface area contributed by atoms with Crippen molar-refractivity contribution in [2.45, 2.75) is 39.2 Å². The van der Waals surface area contributed by atoms with E-state index in [4.69, 9.17) is 4.74 Å². The summed E-state index contributed by atoms with van der Waals surface area (Å²) in [5.74, 6) is 0.690. The molecule has 2 amide bonds. The number of carbonyl (C=O) groups is 2. The molecule has 0 aliphatic heterocycles. The molecule has 0 bridgehead atoms. The first kappa shape index (κ1) is 22.4. The van der Waals surface area contributed by atoms with Gasteiger partial charge in [0.1, 0.15) is 5.75 Å². The monoisotopic (exact) mass is 397 g/mol. The van der Waals surface area contributed by atoms with Crippen molar-refractivity contribution in [1.82, 2.24) is 4.90 Å². The van der Waals surface area contributed by atoms with E-state index in [-0.39, 0.29) is 18.4 Å². The maximum absolute atomic E-state index is 12.7. The molecule has 156 valence electrons. The molecule has 0 radical (unpaired) electrons. The molecule has 2 rings (SSSR count). The van der Waals surface area contributed by atoms with Gasteiger partial charge < -0.3 is 15.4 Å². The Balaban J connectivity index is 1.96. The van der Waals surface area contributed by atoms with Crippen molar-refractivity contribution in [2.24, 2.45) is 0 Å². The lowest BCUT2D eigenvalue weighted by atomic mass is 9.97. The van der Waals surface area contributed by atoms with Crippen LogP contribution in [0, 0.1) is 0 Å². The molecule has 2 N–H and O–H groups in total. The highest BCUT2D eigenvalue weighted by Crippen LogP contribution is 2.26. The van der Waals surface area contributed by atoms with Gasteiger partial charge in [-0.1, -0.05) is 38.1 Å². The van der Waals surface area contributed by atoms with Crippen LogP contribution in [0.1, 0.15) is 38.7 Å². The second-order valence-electron chi connectivity index (χ2n) is 7.26. The maximum Gasteiger partial charge on any atom is 0.241 e. The van der Waals surface area contributed by atoms with Crippen LogP contribution in [0.4, 0.5) is 11.4 Å². The molecule has 0 aromatic heterocycles. The summed E-state index contributed by atoms with van der Waals surface area (Å²) in [6, 6.07) is 14.6. The Labute approximate surface area is 173 Å². The SMILES string of the molecule is CC[C@@H](C)c1ccccc1NC(=O)[C@@H](C)N(C)CC(=O)Nc1cccc(OC)c1. The number of benzene rings is 2. The smallest absolute Gasteiger partial charge is 0.241 e. The van der Waals surface area contributed by atoms with E-state index in [0.29, 0.717) is 17.4 Å². The molecule has 2 aromatic rings. The van der Waals surface area contributed by atoms with Crippen LogP contribution in [-0.4, -0.2) is 43.5 Å². The van der Waals surface area contributed by atoms with Crippen LogP contribution in [0.3, 0.4) is 0 Å². The largest absolute Gasteiger partial charge is 0.497 e. The van der Waals surface area contributed by atoms with Crippen LogP contribution < -0.4 is 15.4 Å². The molecule has 6 nitrogen and oxygen atoms in total. The fourth-order valence-electron chi connectivity index (χ4n) is 2.96. The Kier molecular flexibility index (Phi) is 8.21. The third kappa shape index (κ3) is 6.32. The lowest BCUT2D eigenvalue weighted by Crippen LogP contribution is -2.43. The normalized spacial score (nSPS) is 12.9. The second-order valence-corrected chi connectivity index (χ2v) is 7.26. The van der Waals surface area contributed by atoms with Gasteiger partial charge in [-0.3, -0.25) is 14.5 Å². The topological polar surface area (TPSA) is 70.7 Å². The highest BCUT2D eigenvalue weighted by molar-refractivity contribution is 5.96. The van der Waals surface area contributed by atoms with Crippen molar-refractivity contribution in [1.29, 1.82) is 0 Å². The minimum absolute atomic E-state index is 0.0960. The number of nitrogens with zero attached hydrogens (tertiary/aromatic N) is 1. The molecule has 0 spiro atoms. The Morgan fingerprint density at radius 2 is 1.79 bits per heavy atom. The molecule has 0 saturated carbocycles. The first-order valence-corrected chi connectivity index (χ1v) is 9.89. The zero-order valence-corrected chi connectivity index (χ0v) is 17.9. The Morgan fingerprint density at radius 3 is 2.48 bits per heavy atom. The van der Waals surface area contributed by atoms with Crippen molar-refractivity contribution in [3.63, 3.8) is 0 Å². The number of carbonyl (C=O) groups excluding carboxylic acids is 2. The maximum atomic E-state index is 12.7. The second kappa shape index (κ2) is 10.6. The molecule has 0 fully saturated rings. The summed E-state index contributed by atoms with van der Waals surface area (Å²) >= 11 is 0. The molecule has 6 heteroatoms. The highest BCUT2D eigenvalue weighted by atomic mass is 16.5. The molecule has 0 heterocycles. The van der Waals surface area contributed by atoms with Gasteiger partial charge in [-0.25, -0.2) is 0 Å². The average Bonchev–Trinajstić information content (AvgIpc) is 2.72. The van der Waals surface area contributed by atoms with Gasteiger partial charge in [-0.15, -0.1) is 0 Å². The van der Waals surface area contributed by atoms with E-state index in [9.17, 15) is 9.59 Å². The van der Waals surface area contributed by atoms with Crippen molar-refractivity contribution >= 4 is 23.2 Å². The van der Waals surface area contributed by atoms with E-state index in [1.807, 2.05) is 36.4 Å². The first-order chi connectivity index (χ1) is 13.8. The standard InChI is InChI=1S/C23H31N3O3/c1-6-16(2)20-12-7-8-13-21(20)25-23(28)17(3)26(4)15-22(27)24-18-10-9-11-19(14-18)29-5/h7-14,16-17H,6,15H2,1-5H3,(H,24,27)(H,25,28)/t16-,17-/m1/s1. The molecule has 0 unspecified atom stereocenters. The van der Waals surface area contributed by atoms with Gasteiger partial charge in [0, 0.05) is 17.4 Å². The number of nitrogens with one attached hydrogen (secondary N) is 2. The van der Waals surface area contributed by atoms with Gasteiger partial charge in [0.05, 0.1) is 19.7 Å². The molecular formula is C23H31N3O3. The van der Waals surface area contributed by atoms with E-state index in [0.717, 1.165) is 17.7 Å². The number of methoxy groups -OCH3 is 1. The van der Waals surface area contributed by atoms with Crippen LogP contribution in [0.25, 0.3) is 0 Å². The molecular weight excluding hydrogens is 366 g/mol. The van der Waals surface area contributed by atoms with Crippen molar-refractivity contribution < 1.29 is 14.3 Å². The number of anilines is 2. The predicted molar refractivity (Wildman–Crippen MR) is 117 cm³/mol. The Hall–Kier alpha value is -2.86. The Bertz CT molecular complexity index is 838. The molecule has 29 heavy (non-hydrogen) atoms. The highest BCUT2D eigenvalue weighted by Gasteiger charge is 2.21. The first-order valence-electron chi connectivity index (χ1n) is 9.89. The van der Waals surface area contributed by atoms with E-state index in [1.165, 1.54) is 0 Å². The van der Waals surface area contributed by atoms with Gasteiger partial charge in [-0.2, -0.15) is 0 Å². The summed E-state index contributed by atoms with van der Waals surface area (Å²) < 4.78 is 5.16. The van der Waals surface area contributed by atoms with Crippen LogP contribution in [-0.2, 0) is 9.59 Å². The number of likely N-dealkylation sites (N-methyl/N-ethyl adjacent to an activating group) is 1. The zero-order valence-electron chi connectivity index (χ0n) is 17.9.